The van der Waals surface area contributed by atoms with E-state index < -0.39 is 39.0 Å². The zero-order chi connectivity index (χ0) is 17.0. The number of rotatable bonds is 6. The SMILES string of the molecule is N[C@@H](Cc1c[nH]cn1)C(=O)Oc1cccc([N+](=O)[O-])c1[N+](=O)[O-]. The van der Waals surface area contributed by atoms with E-state index in [0.29, 0.717) is 5.69 Å². The molecule has 0 bridgehead atoms. The van der Waals surface area contributed by atoms with Crippen LogP contribution >= 0.6 is 0 Å². The number of nitrogens with one attached hydrogen (secondary N) is 1. The van der Waals surface area contributed by atoms with Crippen LogP contribution in [0.5, 0.6) is 5.75 Å². The Bertz CT molecular complexity index is 744. The number of hydrogen-bond acceptors (Lipinski definition) is 8. The summed E-state index contributed by atoms with van der Waals surface area (Å²) in [6.07, 6.45) is 2.98. The number of nitro benzene ring substituents is 2. The van der Waals surface area contributed by atoms with E-state index >= 15 is 0 Å². The van der Waals surface area contributed by atoms with E-state index in [9.17, 15) is 25.0 Å². The quantitative estimate of drug-likeness (QED) is 0.339. The highest BCUT2D eigenvalue weighted by Gasteiger charge is 2.31. The van der Waals surface area contributed by atoms with Gasteiger partial charge in [-0.05, 0) is 6.07 Å². The molecule has 1 aromatic heterocycles. The highest BCUT2D eigenvalue weighted by Crippen LogP contribution is 2.36. The van der Waals surface area contributed by atoms with Crippen LogP contribution in [0.3, 0.4) is 0 Å². The summed E-state index contributed by atoms with van der Waals surface area (Å²) < 4.78 is 4.86. The number of hydrogen-bond donors (Lipinski definition) is 2. The summed E-state index contributed by atoms with van der Waals surface area (Å²) in [4.78, 5) is 38.4. The highest BCUT2D eigenvalue weighted by atomic mass is 16.6. The standard InChI is InChI=1S/C12H11N5O6/c13-8(4-7-5-14-6-15-7)12(18)23-10-3-1-2-9(16(19)20)11(10)17(21)22/h1-3,5-6,8H,4,13H2,(H,14,15)/t8-/m0/s1. The Morgan fingerprint density at radius 1 is 1.35 bits per heavy atom. The molecule has 0 fully saturated rings. The van der Waals surface area contributed by atoms with Gasteiger partial charge < -0.3 is 15.5 Å². The number of nitrogens with zero attached hydrogens (tertiary/aromatic N) is 3. The molecule has 3 N–H and O–H groups in total. The van der Waals surface area contributed by atoms with E-state index in [-0.39, 0.29) is 6.42 Å². The van der Waals surface area contributed by atoms with E-state index in [0.717, 1.165) is 12.1 Å². The third kappa shape index (κ3) is 3.65. The van der Waals surface area contributed by atoms with Crippen molar-refractivity contribution >= 4 is 17.3 Å². The van der Waals surface area contributed by atoms with Gasteiger partial charge in [0.15, 0.2) is 0 Å². The molecule has 1 atom stereocenters. The minimum Gasteiger partial charge on any atom is -0.418 e. The smallest absolute Gasteiger partial charge is 0.388 e. The second kappa shape index (κ2) is 6.62. The lowest BCUT2D eigenvalue weighted by molar-refractivity contribution is -0.423. The second-order valence-corrected chi connectivity index (χ2v) is 4.43. The van der Waals surface area contributed by atoms with E-state index in [4.69, 9.17) is 10.5 Å². The topological polar surface area (TPSA) is 167 Å². The highest BCUT2D eigenvalue weighted by molar-refractivity contribution is 5.80. The molecule has 0 aliphatic carbocycles. The van der Waals surface area contributed by atoms with Crippen LogP contribution in [0.1, 0.15) is 5.69 Å². The fraction of sp³-hybridized carbons (Fsp3) is 0.167. The summed E-state index contributed by atoms with van der Waals surface area (Å²) in [5.41, 5.74) is 4.47. The van der Waals surface area contributed by atoms with Gasteiger partial charge in [-0.3, -0.25) is 20.2 Å². The van der Waals surface area contributed by atoms with E-state index in [1.165, 1.54) is 18.6 Å². The molecule has 0 radical (unpaired) electrons. The molecule has 1 aromatic carbocycles. The lowest BCUT2D eigenvalue weighted by atomic mass is 10.2. The Morgan fingerprint density at radius 3 is 2.65 bits per heavy atom. The largest absolute Gasteiger partial charge is 0.418 e. The molecular weight excluding hydrogens is 310 g/mol. The van der Waals surface area contributed by atoms with Gasteiger partial charge in [-0.25, -0.2) is 9.78 Å². The third-order valence-electron chi connectivity index (χ3n) is 2.85. The van der Waals surface area contributed by atoms with Crippen molar-refractivity contribution in [2.45, 2.75) is 12.5 Å². The minimum absolute atomic E-state index is 0.0467. The Balaban J connectivity index is 2.22. The molecule has 1 heterocycles. The molecule has 0 amide bonds. The van der Waals surface area contributed by atoms with Gasteiger partial charge in [0.2, 0.25) is 5.75 Å². The van der Waals surface area contributed by atoms with Gasteiger partial charge >= 0.3 is 17.3 Å². The normalized spacial score (nSPS) is 11.7. The summed E-state index contributed by atoms with van der Waals surface area (Å²) in [6.45, 7) is 0. The molecule has 23 heavy (non-hydrogen) atoms. The Kier molecular flexibility index (Phi) is 4.61. The molecule has 11 nitrogen and oxygen atoms in total. The maximum Gasteiger partial charge on any atom is 0.388 e. The predicted molar refractivity (Wildman–Crippen MR) is 75.7 cm³/mol. The van der Waals surface area contributed by atoms with Crippen LogP contribution < -0.4 is 10.5 Å². The number of carbonyl (C=O) groups is 1. The second-order valence-electron chi connectivity index (χ2n) is 4.43. The molecule has 120 valence electrons. The van der Waals surface area contributed by atoms with Crippen molar-refractivity contribution in [3.05, 3.63) is 56.6 Å². The van der Waals surface area contributed by atoms with Crippen LogP contribution in [0.15, 0.2) is 30.7 Å². The number of benzene rings is 1. The van der Waals surface area contributed by atoms with Crippen LogP contribution in [0, 0.1) is 20.2 Å². The number of nitro groups is 2. The van der Waals surface area contributed by atoms with Crippen molar-refractivity contribution in [3.63, 3.8) is 0 Å². The Hall–Kier alpha value is -3.34. The summed E-state index contributed by atoms with van der Waals surface area (Å²) >= 11 is 0. The Morgan fingerprint density at radius 2 is 2.09 bits per heavy atom. The van der Waals surface area contributed by atoms with Gasteiger partial charge in [-0.2, -0.15) is 0 Å². The van der Waals surface area contributed by atoms with Crippen molar-refractivity contribution < 1.29 is 19.4 Å². The number of esters is 1. The summed E-state index contributed by atoms with van der Waals surface area (Å²) in [7, 11) is 0. The van der Waals surface area contributed by atoms with Gasteiger partial charge in [0, 0.05) is 18.7 Å². The first kappa shape index (κ1) is 16.0. The van der Waals surface area contributed by atoms with Gasteiger partial charge in [-0.15, -0.1) is 0 Å². The van der Waals surface area contributed by atoms with E-state index in [1.807, 2.05) is 0 Å². The molecule has 0 aliphatic rings. The number of aromatic nitrogens is 2. The lowest BCUT2D eigenvalue weighted by Gasteiger charge is -2.10. The third-order valence-corrected chi connectivity index (χ3v) is 2.85. The van der Waals surface area contributed by atoms with Crippen LogP contribution in [0.25, 0.3) is 0 Å². The molecular formula is C12H11N5O6. The first-order valence-electron chi connectivity index (χ1n) is 6.27. The number of nitrogens with two attached hydrogens (primary N) is 1. The van der Waals surface area contributed by atoms with E-state index in [1.54, 1.807) is 0 Å². The number of imidazole rings is 1. The van der Waals surface area contributed by atoms with Gasteiger partial charge in [0.25, 0.3) is 0 Å². The maximum atomic E-state index is 11.9. The van der Waals surface area contributed by atoms with E-state index in [2.05, 4.69) is 9.97 Å². The predicted octanol–water partition coefficient (Wildman–Crippen LogP) is 0.701. The molecule has 11 heteroatoms. The molecule has 2 rings (SSSR count). The molecule has 0 aliphatic heterocycles. The first-order chi connectivity index (χ1) is 10.9. The minimum atomic E-state index is -1.13. The number of aromatic amines is 1. The van der Waals surface area contributed by atoms with Crippen molar-refractivity contribution in [1.29, 1.82) is 0 Å². The van der Waals surface area contributed by atoms with Crippen LogP contribution in [-0.2, 0) is 11.2 Å². The van der Waals surface area contributed by atoms with Crippen molar-refractivity contribution in [3.8, 4) is 5.75 Å². The summed E-state index contributed by atoms with van der Waals surface area (Å²) in [5.74, 6) is -1.50. The monoisotopic (exact) mass is 321 g/mol. The van der Waals surface area contributed by atoms with Gasteiger partial charge in [0.1, 0.15) is 6.04 Å². The van der Waals surface area contributed by atoms with Crippen molar-refractivity contribution in [2.24, 2.45) is 5.73 Å². The van der Waals surface area contributed by atoms with Crippen LogP contribution in [0.4, 0.5) is 11.4 Å². The van der Waals surface area contributed by atoms with Crippen molar-refractivity contribution in [2.75, 3.05) is 0 Å². The van der Waals surface area contributed by atoms with Gasteiger partial charge in [-0.1, -0.05) is 6.07 Å². The van der Waals surface area contributed by atoms with Gasteiger partial charge in [0.05, 0.1) is 21.9 Å². The summed E-state index contributed by atoms with van der Waals surface area (Å²) in [6, 6.07) is 2.08. The average Bonchev–Trinajstić information content (AvgIpc) is 2.99. The molecule has 0 saturated heterocycles. The first-order valence-corrected chi connectivity index (χ1v) is 6.27. The van der Waals surface area contributed by atoms with Crippen LogP contribution in [-0.4, -0.2) is 31.8 Å². The van der Waals surface area contributed by atoms with Crippen LogP contribution in [0.2, 0.25) is 0 Å². The molecule has 0 unspecified atom stereocenters. The fourth-order valence-electron chi connectivity index (χ4n) is 1.82. The number of ether oxygens (including phenoxy) is 1. The molecule has 0 saturated carbocycles. The Labute approximate surface area is 128 Å². The fourth-order valence-corrected chi connectivity index (χ4v) is 1.82. The number of carbonyl (C=O) groups excluding carboxylic acids is 1. The summed E-state index contributed by atoms with van der Waals surface area (Å²) in [5, 5.41) is 21.9. The lowest BCUT2D eigenvalue weighted by Crippen LogP contribution is -2.36. The molecule has 2 aromatic rings. The maximum absolute atomic E-state index is 11.9. The molecule has 0 spiro atoms. The zero-order valence-corrected chi connectivity index (χ0v) is 11.5. The zero-order valence-electron chi connectivity index (χ0n) is 11.5. The number of para-hydroxylation sites is 1. The average molecular weight is 321 g/mol. The number of H-pyrrole nitrogens is 1. The van der Waals surface area contributed by atoms with Crippen molar-refractivity contribution in [1.82, 2.24) is 9.97 Å².